The van der Waals surface area contributed by atoms with Crippen LogP contribution in [0.15, 0.2) is 46.6 Å². The van der Waals surface area contributed by atoms with Gasteiger partial charge in [-0.1, -0.05) is 12.1 Å². The Morgan fingerprint density at radius 1 is 1.05 bits per heavy atom. The number of nitrogens with zero attached hydrogens (tertiary/aromatic N) is 3. The molecule has 0 aliphatic carbocycles. The highest BCUT2D eigenvalue weighted by molar-refractivity contribution is 7.46. The molecule has 0 saturated carbocycles. The maximum atomic E-state index is 10.9. The fraction of sp³-hybridized carbons (Fsp3) is 0. The van der Waals surface area contributed by atoms with Gasteiger partial charge >= 0.3 is 7.82 Å². The summed E-state index contributed by atoms with van der Waals surface area (Å²) in [6.45, 7) is 0. The Bertz CT molecular complexity index is 730. The fourth-order valence-corrected chi connectivity index (χ4v) is 1.83. The lowest BCUT2D eigenvalue weighted by molar-refractivity contribution is 0.283. The van der Waals surface area contributed by atoms with Crippen LogP contribution in [0.5, 0.6) is 5.75 Å². The average molecular weight is 309 g/mol. The standard InChI is InChI=1S/C11H12N5O4P/c12-10-6-5-8(11(13)14-10)16-15-7-3-1-2-4-9(7)20-21(17,18)19/h1-6H,(H4,12,13,14)(H2,17,18,19). The van der Waals surface area contributed by atoms with E-state index in [0.717, 1.165) is 0 Å². The second kappa shape index (κ2) is 5.88. The summed E-state index contributed by atoms with van der Waals surface area (Å²) >= 11 is 0. The van der Waals surface area contributed by atoms with Crippen LogP contribution >= 0.6 is 7.82 Å². The first kappa shape index (κ1) is 14.9. The van der Waals surface area contributed by atoms with Gasteiger partial charge in [-0.25, -0.2) is 9.55 Å². The van der Waals surface area contributed by atoms with Gasteiger partial charge in [0.1, 0.15) is 17.2 Å². The number of phosphoric acid groups is 1. The Morgan fingerprint density at radius 2 is 1.71 bits per heavy atom. The minimum Gasteiger partial charge on any atom is -0.402 e. The van der Waals surface area contributed by atoms with Gasteiger partial charge in [0.25, 0.3) is 0 Å². The van der Waals surface area contributed by atoms with E-state index in [1.54, 1.807) is 12.1 Å². The molecule has 21 heavy (non-hydrogen) atoms. The summed E-state index contributed by atoms with van der Waals surface area (Å²) in [5.41, 5.74) is 11.5. The Labute approximate surface area is 119 Å². The molecule has 2 aromatic rings. The summed E-state index contributed by atoms with van der Waals surface area (Å²) in [7, 11) is -4.68. The van der Waals surface area contributed by atoms with E-state index in [1.165, 1.54) is 24.3 Å². The van der Waals surface area contributed by atoms with Crippen LogP contribution in [0.3, 0.4) is 0 Å². The second-order valence-electron chi connectivity index (χ2n) is 3.89. The molecule has 0 radical (unpaired) electrons. The summed E-state index contributed by atoms with van der Waals surface area (Å²) in [6, 6.07) is 9.03. The summed E-state index contributed by atoms with van der Waals surface area (Å²) in [6.07, 6.45) is 0. The van der Waals surface area contributed by atoms with Crippen LogP contribution in [-0.4, -0.2) is 14.8 Å². The molecule has 0 amide bonds. The number of anilines is 2. The summed E-state index contributed by atoms with van der Waals surface area (Å²) in [5.74, 6) is 0.236. The molecule has 0 bridgehead atoms. The number of rotatable bonds is 4. The molecule has 0 spiro atoms. The molecule has 0 aliphatic rings. The number of nitrogens with two attached hydrogens (primary N) is 2. The van der Waals surface area contributed by atoms with Crippen molar-refractivity contribution >= 4 is 30.8 Å². The Morgan fingerprint density at radius 3 is 2.38 bits per heavy atom. The zero-order chi connectivity index (χ0) is 15.5. The van der Waals surface area contributed by atoms with Crippen molar-refractivity contribution in [1.29, 1.82) is 0 Å². The van der Waals surface area contributed by atoms with Crippen LogP contribution in [-0.2, 0) is 4.57 Å². The van der Waals surface area contributed by atoms with Crippen LogP contribution in [0.4, 0.5) is 23.0 Å². The molecule has 2 rings (SSSR count). The highest BCUT2D eigenvalue weighted by atomic mass is 31.2. The molecule has 1 heterocycles. The number of pyridine rings is 1. The lowest BCUT2D eigenvalue weighted by Gasteiger charge is -2.08. The van der Waals surface area contributed by atoms with Crippen molar-refractivity contribution in [3.63, 3.8) is 0 Å². The van der Waals surface area contributed by atoms with Gasteiger partial charge in [-0.15, -0.1) is 10.2 Å². The number of aromatic nitrogens is 1. The van der Waals surface area contributed by atoms with E-state index < -0.39 is 7.82 Å². The Hall–Kier alpha value is -2.48. The van der Waals surface area contributed by atoms with E-state index in [4.69, 9.17) is 21.3 Å². The largest absolute Gasteiger partial charge is 0.524 e. The van der Waals surface area contributed by atoms with Gasteiger partial charge in [0.2, 0.25) is 0 Å². The Balaban J connectivity index is 2.31. The molecule has 0 aliphatic heterocycles. The van der Waals surface area contributed by atoms with E-state index in [1.807, 2.05) is 0 Å². The average Bonchev–Trinajstić information content (AvgIpc) is 2.37. The first-order valence-corrected chi connectivity index (χ1v) is 7.16. The second-order valence-corrected chi connectivity index (χ2v) is 5.05. The zero-order valence-electron chi connectivity index (χ0n) is 10.6. The molecule has 0 atom stereocenters. The van der Waals surface area contributed by atoms with Crippen molar-refractivity contribution < 1.29 is 18.9 Å². The van der Waals surface area contributed by atoms with Crippen molar-refractivity contribution in [2.24, 2.45) is 10.2 Å². The minimum atomic E-state index is -4.68. The minimum absolute atomic E-state index is 0.0899. The summed E-state index contributed by atoms with van der Waals surface area (Å²) < 4.78 is 15.4. The third kappa shape index (κ3) is 4.25. The van der Waals surface area contributed by atoms with E-state index in [9.17, 15) is 4.57 Å². The third-order valence-corrected chi connectivity index (χ3v) is 2.71. The van der Waals surface area contributed by atoms with Crippen molar-refractivity contribution in [2.75, 3.05) is 11.5 Å². The smallest absolute Gasteiger partial charge is 0.402 e. The van der Waals surface area contributed by atoms with E-state index in [-0.39, 0.29) is 28.8 Å². The first-order valence-electron chi connectivity index (χ1n) is 5.63. The Kier molecular flexibility index (Phi) is 4.18. The maximum Gasteiger partial charge on any atom is 0.524 e. The van der Waals surface area contributed by atoms with Gasteiger partial charge in [0, 0.05) is 0 Å². The van der Waals surface area contributed by atoms with Crippen LogP contribution in [0.25, 0.3) is 0 Å². The number of hydrogen-bond donors (Lipinski definition) is 4. The van der Waals surface area contributed by atoms with Crippen molar-refractivity contribution in [1.82, 2.24) is 4.98 Å². The highest BCUT2D eigenvalue weighted by Crippen LogP contribution is 2.42. The number of nitrogen functional groups attached to an aromatic ring is 2. The molecule has 0 saturated heterocycles. The van der Waals surface area contributed by atoms with Crippen molar-refractivity contribution in [2.45, 2.75) is 0 Å². The number of azo groups is 1. The molecule has 10 heteroatoms. The van der Waals surface area contributed by atoms with E-state index >= 15 is 0 Å². The highest BCUT2D eigenvalue weighted by Gasteiger charge is 2.18. The van der Waals surface area contributed by atoms with Crippen molar-refractivity contribution in [3.05, 3.63) is 36.4 Å². The number of benzene rings is 1. The summed E-state index contributed by atoms with van der Waals surface area (Å²) in [4.78, 5) is 21.5. The molecule has 1 aromatic carbocycles. The first-order chi connectivity index (χ1) is 9.85. The van der Waals surface area contributed by atoms with Gasteiger partial charge in [-0.3, -0.25) is 9.79 Å². The SMILES string of the molecule is Nc1ccc(N=Nc2ccccc2OP(=O)(O)O)c(N)n1. The fourth-order valence-electron chi connectivity index (χ4n) is 1.42. The van der Waals surface area contributed by atoms with Crippen molar-refractivity contribution in [3.8, 4) is 5.75 Å². The number of para-hydroxylation sites is 1. The maximum absolute atomic E-state index is 10.9. The molecule has 0 fully saturated rings. The third-order valence-electron chi connectivity index (χ3n) is 2.27. The van der Waals surface area contributed by atoms with Crippen LogP contribution in [0.2, 0.25) is 0 Å². The predicted molar refractivity (Wildman–Crippen MR) is 76.4 cm³/mol. The lowest BCUT2D eigenvalue weighted by atomic mass is 10.3. The van der Waals surface area contributed by atoms with Crippen LogP contribution in [0.1, 0.15) is 0 Å². The van der Waals surface area contributed by atoms with Gasteiger partial charge in [0.15, 0.2) is 11.6 Å². The quantitative estimate of drug-likeness (QED) is 0.497. The normalized spacial score (nSPS) is 11.7. The molecular weight excluding hydrogens is 297 g/mol. The van der Waals surface area contributed by atoms with Gasteiger partial charge in [-0.05, 0) is 24.3 Å². The van der Waals surface area contributed by atoms with E-state index in [2.05, 4.69) is 19.7 Å². The monoisotopic (exact) mass is 309 g/mol. The van der Waals surface area contributed by atoms with E-state index in [0.29, 0.717) is 0 Å². The van der Waals surface area contributed by atoms with Crippen LogP contribution in [0, 0.1) is 0 Å². The molecular formula is C11H12N5O4P. The van der Waals surface area contributed by atoms with Gasteiger partial charge < -0.3 is 16.0 Å². The number of hydrogen-bond acceptors (Lipinski definition) is 7. The van der Waals surface area contributed by atoms with Gasteiger partial charge in [0.05, 0.1) is 0 Å². The molecule has 9 nitrogen and oxygen atoms in total. The summed E-state index contributed by atoms with van der Waals surface area (Å²) in [5, 5.41) is 7.70. The number of phosphoric ester groups is 1. The zero-order valence-corrected chi connectivity index (χ0v) is 11.5. The topological polar surface area (TPSA) is 156 Å². The molecule has 1 aromatic heterocycles. The molecule has 110 valence electrons. The molecule has 6 N–H and O–H groups in total. The van der Waals surface area contributed by atoms with Crippen LogP contribution < -0.4 is 16.0 Å². The van der Waals surface area contributed by atoms with Gasteiger partial charge in [-0.2, -0.15) is 0 Å². The predicted octanol–water partition coefficient (Wildman–Crippen LogP) is 2.13. The lowest BCUT2D eigenvalue weighted by Crippen LogP contribution is -1.95. The molecule has 0 unspecified atom stereocenters.